The Balaban J connectivity index is 1.90. The van der Waals surface area contributed by atoms with Crippen molar-refractivity contribution in [3.8, 4) is 16.9 Å². The van der Waals surface area contributed by atoms with Crippen molar-refractivity contribution in [2.75, 3.05) is 7.11 Å². The molecule has 0 aliphatic rings. The normalized spacial score (nSPS) is 11.2. The Hall–Kier alpha value is -2.95. The predicted molar refractivity (Wildman–Crippen MR) is 82.4 cm³/mol. The second-order valence-electron chi connectivity index (χ2n) is 4.97. The molecule has 4 nitrogen and oxygen atoms in total. The average Bonchev–Trinajstić information content (AvgIpc) is 2.93. The number of hydrogen-bond acceptors (Lipinski definition) is 3. The van der Waals surface area contributed by atoms with Gasteiger partial charge < -0.3 is 4.74 Å². The van der Waals surface area contributed by atoms with Crippen molar-refractivity contribution in [1.29, 1.82) is 0 Å². The van der Waals surface area contributed by atoms with Crippen LogP contribution in [-0.4, -0.2) is 21.7 Å². The number of aromatic nitrogens is 3. The quantitative estimate of drug-likeness (QED) is 0.566. The van der Waals surface area contributed by atoms with Crippen molar-refractivity contribution in [3.63, 3.8) is 0 Å². The van der Waals surface area contributed by atoms with Crippen LogP contribution in [0.25, 0.3) is 27.7 Å². The maximum Gasteiger partial charge on any atom is 0.165 e. The van der Waals surface area contributed by atoms with Gasteiger partial charge in [0.05, 0.1) is 18.0 Å². The van der Waals surface area contributed by atoms with Gasteiger partial charge in [-0.2, -0.15) is 5.10 Å². The van der Waals surface area contributed by atoms with Crippen LogP contribution in [-0.2, 0) is 0 Å². The topological polar surface area (TPSA) is 39.4 Å². The van der Waals surface area contributed by atoms with E-state index in [1.165, 1.54) is 6.07 Å². The Labute approximate surface area is 125 Å². The lowest BCUT2D eigenvalue weighted by atomic mass is 10.1. The molecule has 0 saturated carbocycles. The van der Waals surface area contributed by atoms with Crippen LogP contribution in [0.2, 0.25) is 0 Å². The zero-order chi connectivity index (χ0) is 15.1. The Kier molecular flexibility index (Phi) is 2.79. The first kappa shape index (κ1) is 12.8. The van der Waals surface area contributed by atoms with Crippen molar-refractivity contribution in [2.24, 2.45) is 0 Å². The molecule has 0 amide bonds. The molecular weight excluding hydrogens is 281 g/mol. The van der Waals surface area contributed by atoms with Crippen LogP contribution in [0.1, 0.15) is 0 Å². The lowest BCUT2D eigenvalue weighted by molar-refractivity contribution is 0.415. The summed E-state index contributed by atoms with van der Waals surface area (Å²) in [5, 5.41) is 4.83. The van der Waals surface area contributed by atoms with Gasteiger partial charge in [-0.1, -0.05) is 18.2 Å². The van der Waals surface area contributed by atoms with E-state index in [0.717, 1.165) is 16.9 Å². The Bertz CT molecular complexity index is 976. The van der Waals surface area contributed by atoms with E-state index in [9.17, 15) is 4.39 Å². The summed E-state index contributed by atoms with van der Waals surface area (Å²) in [4.78, 5) is 4.38. The molecule has 0 unspecified atom stereocenters. The summed E-state index contributed by atoms with van der Waals surface area (Å²) in [6, 6.07) is 12.5. The van der Waals surface area contributed by atoms with E-state index in [0.29, 0.717) is 16.6 Å². The highest BCUT2D eigenvalue weighted by atomic mass is 19.1. The van der Waals surface area contributed by atoms with Crippen LogP contribution in [0.5, 0.6) is 5.75 Å². The van der Waals surface area contributed by atoms with Crippen LogP contribution in [0, 0.1) is 5.82 Å². The minimum Gasteiger partial charge on any atom is -0.497 e. The van der Waals surface area contributed by atoms with E-state index >= 15 is 0 Å². The van der Waals surface area contributed by atoms with Gasteiger partial charge in [0.2, 0.25) is 0 Å². The van der Waals surface area contributed by atoms with Gasteiger partial charge in [0.15, 0.2) is 5.65 Å². The number of fused-ring (bicyclic) bond motifs is 3. The van der Waals surface area contributed by atoms with Gasteiger partial charge in [-0.25, -0.2) is 13.9 Å². The SMILES string of the molecule is COc1ccc(-c2cnc3c4c(F)cccc4nn3c2)cc1. The molecule has 5 heteroatoms. The molecule has 4 rings (SSSR count). The summed E-state index contributed by atoms with van der Waals surface area (Å²) in [7, 11) is 1.63. The summed E-state index contributed by atoms with van der Waals surface area (Å²) in [6.45, 7) is 0. The van der Waals surface area contributed by atoms with Crippen LogP contribution < -0.4 is 4.74 Å². The number of ether oxygens (including phenoxy) is 1. The number of benzene rings is 2. The van der Waals surface area contributed by atoms with Crippen molar-refractivity contribution in [1.82, 2.24) is 14.6 Å². The molecule has 0 aliphatic heterocycles. The fourth-order valence-electron chi connectivity index (χ4n) is 2.54. The molecule has 0 atom stereocenters. The van der Waals surface area contributed by atoms with E-state index in [4.69, 9.17) is 4.74 Å². The third-order valence-electron chi connectivity index (χ3n) is 3.66. The minimum absolute atomic E-state index is 0.308. The molecule has 2 heterocycles. The fourth-order valence-corrected chi connectivity index (χ4v) is 2.54. The molecule has 0 spiro atoms. The van der Waals surface area contributed by atoms with Gasteiger partial charge in [0.1, 0.15) is 11.6 Å². The van der Waals surface area contributed by atoms with Gasteiger partial charge in [0.25, 0.3) is 0 Å². The van der Waals surface area contributed by atoms with Gasteiger partial charge in [-0.3, -0.25) is 0 Å². The van der Waals surface area contributed by atoms with Crippen LogP contribution in [0.4, 0.5) is 4.39 Å². The summed E-state index contributed by atoms with van der Waals surface area (Å²) in [6.07, 6.45) is 3.58. The van der Waals surface area contributed by atoms with E-state index in [-0.39, 0.29) is 5.82 Å². The van der Waals surface area contributed by atoms with Crippen LogP contribution >= 0.6 is 0 Å². The van der Waals surface area contributed by atoms with Crippen molar-refractivity contribution in [2.45, 2.75) is 0 Å². The summed E-state index contributed by atoms with van der Waals surface area (Å²) >= 11 is 0. The molecule has 108 valence electrons. The van der Waals surface area contributed by atoms with Crippen LogP contribution in [0.3, 0.4) is 0 Å². The molecule has 0 fully saturated rings. The van der Waals surface area contributed by atoms with Gasteiger partial charge in [-0.05, 0) is 29.8 Å². The van der Waals surface area contributed by atoms with E-state index < -0.39 is 0 Å². The number of halogens is 1. The van der Waals surface area contributed by atoms with E-state index in [1.54, 1.807) is 30.0 Å². The number of methoxy groups -OCH3 is 1. The smallest absolute Gasteiger partial charge is 0.165 e. The molecule has 22 heavy (non-hydrogen) atoms. The molecule has 2 aromatic carbocycles. The zero-order valence-electron chi connectivity index (χ0n) is 11.8. The lowest BCUT2D eigenvalue weighted by Crippen LogP contribution is -1.91. The average molecular weight is 293 g/mol. The first-order valence-electron chi connectivity index (χ1n) is 6.83. The molecule has 0 bridgehead atoms. The zero-order valence-corrected chi connectivity index (χ0v) is 11.8. The lowest BCUT2D eigenvalue weighted by Gasteiger charge is -2.04. The van der Waals surface area contributed by atoms with Crippen LogP contribution in [0.15, 0.2) is 54.9 Å². The molecule has 0 aliphatic carbocycles. The minimum atomic E-state index is -0.308. The molecule has 4 aromatic rings. The standard InChI is InChI=1S/C17H12FN3O/c1-22-13-7-5-11(6-8-13)12-9-19-17-16-14(18)3-2-4-15(16)20-21(17)10-12/h2-10H,1H3. The number of nitrogens with zero attached hydrogens (tertiary/aromatic N) is 3. The number of hydrogen-bond donors (Lipinski definition) is 0. The second-order valence-corrected chi connectivity index (χ2v) is 4.97. The van der Waals surface area contributed by atoms with E-state index in [1.807, 2.05) is 30.5 Å². The summed E-state index contributed by atoms with van der Waals surface area (Å²) in [5.74, 6) is 0.488. The van der Waals surface area contributed by atoms with E-state index in [2.05, 4.69) is 10.1 Å². The highest BCUT2D eigenvalue weighted by Crippen LogP contribution is 2.25. The van der Waals surface area contributed by atoms with Gasteiger partial charge in [0, 0.05) is 18.0 Å². The molecular formula is C17H12FN3O. The third kappa shape index (κ3) is 1.90. The molecule has 2 aromatic heterocycles. The molecule has 0 radical (unpaired) electrons. The monoisotopic (exact) mass is 293 g/mol. The van der Waals surface area contributed by atoms with Crippen molar-refractivity contribution < 1.29 is 9.13 Å². The van der Waals surface area contributed by atoms with Gasteiger partial charge in [-0.15, -0.1) is 0 Å². The highest BCUT2D eigenvalue weighted by Gasteiger charge is 2.11. The van der Waals surface area contributed by atoms with Crippen molar-refractivity contribution in [3.05, 3.63) is 60.7 Å². The maximum absolute atomic E-state index is 13.9. The Morgan fingerprint density at radius 3 is 2.64 bits per heavy atom. The Morgan fingerprint density at radius 2 is 1.86 bits per heavy atom. The second kappa shape index (κ2) is 4.80. The summed E-state index contributed by atoms with van der Waals surface area (Å²) < 4.78 is 20.7. The largest absolute Gasteiger partial charge is 0.497 e. The third-order valence-corrected chi connectivity index (χ3v) is 3.66. The number of rotatable bonds is 2. The first-order valence-corrected chi connectivity index (χ1v) is 6.83. The fraction of sp³-hybridized carbons (Fsp3) is 0.0588. The van der Waals surface area contributed by atoms with Gasteiger partial charge >= 0.3 is 0 Å². The maximum atomic E-state index is 13.9. The molecule has 0 saturated heterocycles. The predicted octanol–water partition coefficient (Wildman–Crippen LogP) is 3.70. The Morgan fingerprint density at radius 1 is 1.05 bits per heavy atom. The highest BCUT2D eigenvalue weighted by molar-refractivity contribution is 5.92. The summed E-state index contributed by atoms with van der Waals surface area (Å²) in [5.41, 5.74) is 3.02. The van der Waals surface area contributed by atoms with Crippen molar-refractivity contribution >= 4 is 16.6 Å². The first-order chi connectivity index (χ1) is 10.8. The molecule has 0 N–H and O–H groups in total.